The summed E-state index contributed by atoms with van der Waals surface area (Å²) in [4.78, 5) is 32.8. The summed E-state index contributed by atoms with van der Waals surface area (Å²) >= 11 is 0. The van der Waals surface area contributed by atoms with Crippen molar-refractivity contribution in [1.29, 1.82) is 0 Å². The molecule has 0 radical (unpaired) electrons. The van der Waals surface area contributed by atoms with Crippen LogP contribution < -0.4 is 0 Å². The Morgan fingerprint density at radius 2 is 1.96 bits per heavy atom. The van der Waals surface area contributed by atoms with E-state index in [-0.39, 0.29) is 24.9 Å². The van der Waals surface area contributed by atoms with Crippen LogP contribution in [0.25, 0.3) is 0 Å². The molecule has 0 spiro atoms. The van der Waals surface area contributed by atoms with Gasteiger partial charge in [-0.15, -0.1) is 0 Å². The summed E-state index contributed by atoms with van der Waals surface area (Å²) in [5.74, 6) is 1.38. The van der Waals surface area contributed by atoms with Crippen LogP contribution in [0, 0.1) is 0 Å². The zero-order valence-corrected chi connectivity index (χ0v) is 14.8. The first-order chi connectivity index (χ1) is 12.6. The lowest BCUT2D eigenvalue weighted by Crippen LogP contribution is -2.58. The van der Waals surface area contributed by atoms with Crippen molar-refractivity contribution in [2.24, 2.45) is 0 Å². The van der Waals surface area contributed by atoms with E-state index in [9.17, 15) is 9.59 Å². The third-order valence-electron chi connectivity index (χ3n) is 5.02. The zero-order chi connectivity index (χ0) is 18.1. The second kappa shape index (κ2) is 6.90. The molecular formula is C19H22N4O3. The minimum atomic E-state index is -0.519. The van der Waals surface area contributed by atoms with E-state index in [4.69, 9.17) is 4.52 Å². The van der Waals surface area contributed by atoms with Gasteiger partial charge in [-0.05, 0) is 31.7 Å². The molecule has 7 heteroatoms. The number of benzene rings is 1. The summed E-state index contributed by atoms with van der Waals surface area (Å²) in [7, 11) is 0. The molecule has 1 aromatic carbocycles. The third-order valence-corrected chi connectivity index (χ3v) is 5.02. The molecule has 0 bridgehead atoms. The van der Waals surface area contributed by atoms with Crippen molar-refractivity contribution in [3.05, 3.63) is 47.6 Å². The van der Waals surface area contributed by atoms with Crippen molar-refractivity contribution in [1.82, 2.24) is 19.9 Å². The maximum Gasteiger partial charge on any atom is 0.245 e. The molecule has 1 aliphatic heterocycles. The maximum absolute atomic E-state index is 12.7. The summed E-state index contributed by atoms with van der Waals surface area (Å²) in [6, 6.07) is 9.45. The summed E-state index contributed by atoms with van der Waals surface area (Å²) in [6.45, 7) is 2.62. The van der Waals surface area contributed by atoms with Crippen LogP contribution in [0.4, 0.5) is 0 Å². The van der Waals surface area contributed by atoms with Crippen LogP contribution in [0.2, 0.25) is 0 Å². The van der Waals surface area contributed by atoms with Crippen LogP contribution in [-0.4, -0.2) is 50.9 Å². The van der Waals surface area contributed by atoms with E-state index in [1.807, 2.05) is 30.3 Å². The number of carbonyl (C=O) groups is 2. The van der Waals surface area contributed by atoms with Gasteiger partial charge in [0.25, 0.3) is 0 Å². The SMILES string of the molecule is C[C@@H]1C(=O)N(CCc2ccccc2)CC(=O)N1Cc1noc(C2CC2)n1. The average molecular weight is 354 g/mol. The van der Waals surface area contributed by atoms with Gasteiger partial charge >= 0.3 is 0 Å². The second-order valence-electron chi connectivity index (χ2n) is 7.02. The number of amides is 2. The minimum Gasteiger partial charge on any atom is -0.339 e. The highest BCUT2D eigenvalue weighted by atomic mass is 16.5. The summed E-state index contributed by atoms with van der Waals surface area (Å²) < 4.78 is 5.24. The van der Waals surface area contributed by atoms with Gasteiger partial charge in [0, 0.05) is 12.5 Å². The van der Waals surface area contributed by atoms with Crippen molar-refractivity contribution >= 4 is 11.8 Å². The highest BCUT2D eigenvalue weighted by Crippen LogP contribution is 2.38. The Hall–Kier alpha value is -2.70. The Kier molecular flexibility index (Phi) is 4.44. The van der Waals surface area contributed by atoms with E-state index >= 15 is 0 Å². The quantitative estimate of drug-likeness (QED) is 0.790. The van der Waals surface area contributed by atoms with E-state index in [1.165, 1.54) is 0 Å². The van der Waals surface area contributed by atoms with Gasteiger partial charge in [0.05, 0.1) is 13.1 Å². The molecule has 2 aromatic rings. The standard InChI is InChI=1S/C19H22N4O3/c1-13-19(25)22(10-9-14-5-3-2-4-6-14)12-17(24)23(13)11-16-20-18(26-21-16)15-7-8-15/h2-6,13,15H,7-12H2,1H3/t13-/m1/s1. The molecule has 1 saturated carbocycles. The predicted molar refractivity (Wildman–Crippen MR) is 93.0 cm³/mol. The Morgan fingerprint density at radius 1 is 1.19 bits per heavy atom. The first-order valence-corrected chi connectivity index (χ1v) is 9.06. The molecule has 0 unspecified atom stereocenters. The van der Waals surface area contributed by atoms with Crippen LogP contribution >= 0.6 is 0 Å². The van der Waals surface area contributed by atoms with Crippen molar-refractivity contribution in [3.63, 3.8) is 0 Å². The molecule has 4 rings (SSSR count). The normalized spacial score (nSPS) is 20.7. The number of carbonyl (C=O) groups excluding carboxylic acids is 2. The van der Waals surface area contributed by atoms with Crippen molar-refractivity contribution in [3.8, 4) is 0 Å². The summed E-state index contributed by atoms with van der Waals surface area (Å²) in [5, 5.41) is 3.96. The van der Waals surface area contributed by atoms with Gasteiger partial charge in [-0.1, -0.05) is 35.5 Å². The van der Waals surface area contributed by atoms with Crippen LogP contribution in [0.5, 0.6) is 0 Å². The van der Waals surface area contributed by atoms with Crippen molar-refractivity contribution < 1.29 is 14.1 Å². The Balaban J connectivity index is 1.38. The topological polar surface area (TPSA) is 79.5 Å². The molecule has 7 nitrogen and oxygen atoms in total. The molecule has 1 aromatic heterocycles. The van der Waals surface area contributed by atoms with Crippen LogP contribution in [0.15, 0.2) is 34.9 Å². The van der Waals surface area contributed by atoms with E-state index in [2.05, 4.69) is 10.1 Å². The number of nitrogens with zero attached hydrogens (tertiary/aromatic N) is 4. The lowest BCUT2D eigenvalue weighted by Gasteiger charge is -2.38. The van der Waals surface area contributed by atoms with Crippen LogP contribution in [0.1, 0.15) is 43.0 Å². The number of hydrogen-bond acceptors (Lipinski definition) is 5. The van der Waals surface area contributed by atoms with Gasteiger partial charge < -0.3 is 14.3 Å². The Morgan fingerprint density at radius 3 is 2.69 bits per heavy atom. The summed E-state index contributed by atoms with van der Waals surface area (Å²) in [6.07, 6.45) is 2.90. The summed E-state index contributed by atoms with van der Waals surface area (Å²) in [5.41, 5.74) is 1.15. The smallest absolute Gasteiger partial charge is 0.245 e. The molecule has 2 fully saturated rings. The third kappa shape index (κ3) is 3.47. The molecule has 2 amide bonds. The first-order valence-electron chi connectivity index (χ1n) is 9.06. The second-order valence-corrected chi connectivity index (χ2v) is 7.02. The van der Waals surface area contributed by atoms with Gasteiger partial charge in [0.1, 0.15) is 6.04 Å². The van der Waals surface area contributed by atoms with E-state index < -0.39 is 6.04 Å². The molecular weight excluding hydrogens is 332 g/mol. The number of aromatic nitrogens is 2. The lowest BCUT2D eigenvalue weighted by atomic mass is 10.1. The van der Waals surface area contributed by atoms with Gasteiger partial charge in [0.2, 0.25) is 17.7 Å². The average Bonchev–Trinajstić information content (AvgIpc) is 3.40. The largest absolute Gasteiger partial charge is 0.339 e. The minimum absolute atomic E-state index is 0.0357. The fraction of sp³-hybridized carbons (Fsp3) is 0.474. The number of hydrogen-bond donors (Lipinski definition) is 0. The molecule has 2 aliphatic rings. The van der Waals surface area contributed by atoms with E-state index in [0.29, 0.717) is 24.2 Å². The molecule has 1 saturated heterocycles. The van der Waals surface area contributed by atoms with Gasteiger partial charge in [0.15, 0.2) is 5.82 Å². The molecule has 1 aliphatic carbocycles. The predicted octanol–water partition coefficient (Wildman–Crippen LogP) is 1.75. The fourth-order valence-corrected chi connectivity index (χ4v) is 3.25. The Bertz CT molecular complexity index is 800. The zero-order valence-electron chi connectivity index (χ0n) is 14.8. The van der Waals surface area contributed by atoms with Crippen molar-refractivity contribution in [2.45, 2.75) is 44.7 Å². The van der Waals surface area contributed by atoms with E-state index in [1.54, 1.807) is 16.7 Å². The number of rotatable bonds is 6. The molecule has 26 heavy (non-hydrogen) atoms. The maximum atomic E-state index is 12.7. The highest BCUT2D eigenvalue weighted by molar-refractivity contribution is 5.94. The van der Waals surface area contributed by atoms with Crippen LogP contribution in [0.3, 0.4) is 0 Å². The molecule has 1 atom stereocenters. The molecule has 136 valence electrons. The first kappa shape index (κ1) is 16.8. The van der Waals surface area contributed by atoms with Crippen molar-refractivity contribution in [2.75, 3.05) is 13.1 Å². The van der Waals surface area contributed by atoms with Crippen LogP contribution in [-0.2, 0) is 22.6 Å². The fourth-order valence-electron chi connectivity index (χ4n) is 3.25. The highest BCUT2D eigenvalue weighted by Gasteiger charge is 2.37. The van der Waals surface area contributed by atoms with Gasteiger partial charge in [-0.3, -0.25) is 9.59 Å². The lowest BCUT2D eigenvalue weighted by molar-refractivity contribution is -0.155. The monoisotopic (exact) mass is 354 g/mol. The molecule has 2 heterocycles. The number of piperazine rings is 1. The Labute approximate surface area is 152 Å². The van der Waals surface area contributed by atoms with E-state index in [0.717, 1.165) is 24.8 Å². The molecule has 0 N–H and O–H groups in total. The van der Waals surface area contributed by atoms with Gasteiger partial charge in [-0.2, -0.15) is 4.98 Å². The van der Waals surface area contributed by atoms with Gasteiger partial charge in [-0.25, -0.2) is 0 Å².